The second-order valence-corrected chi connectivity index (χ2v) is 4.23. The quantitative estimate of drug-likeness (QED) is 0.741. The van der Waals surface area contributed by atoms with Crippen LogP contribution in [-0.2, 0) is 6.54 Å². The molecule has 2 aromatic rings. The third-order valence-corrected chi connectivity index (χ3v) is 3.10. The summed E-state index contributed by atoms with van der Waals surface area (Å²) in [7, 11) is 1.52. The van der Waals surface area contributed by atoms with E-state index in [-0.39, 0.29) is 5.56 Å². The number of hydrogen-bond acceptors (Lipinski definition) is 4. The summed E-state index contributed by atoms with van der Waals surface area (Å²) in [6.45, 7) is 0.502. The predicted octanol–water partition coefficient (Wildman–Crippen LogP) is 0.979. The minimum Gasteiger partial charge on any atom is -0.481 e. The normalized spacial score (nSPS) is 11.8. The van der Waals surface area contributed by atoms with Crippen molar-refractivity contribution in [2.24, 2.45) is 0 Å². The molecule has 0 saturated heterocycles. The molecule has 1 aliphatic heterocycles. The Labute approximate surface area is 107 Å². The average Bonchev–Trinajstić information content (AvgIpc) is 2.74. The fourth-order valence-corrected chi connectivity index (χ4v) is 2.19. The molecule has 0 atom stereocenters. The molecule has 3 heterocycles. The zero-order valence-corrected chi connectivity index (χ0v) is 10.1. The smallest absolute Gasteiger partial charge is 0.341 e. The second kappa shape index (κ2) is 3.94. The van der Waals surface area contributed by atoms with Crippen molar-refractivity contribution in [2.45, 2.75) is 6.54 Å². The van der Waals surface area contributed by atoms with Gasteiger partial charge in [0.25, 0.3) is 0 Å². The lowest BCUT2D eigenvalue weighted by Gasteiger charge is -2.04. The first-order valence-electron chi connectivity index (χ1n) is 5.62. The standard InChI is InChI=1S/C13H10N2O4/c1-19-11-3-2-7-5-15-6-8(13(17)18)10(16)4-9(15)12(7)14-11/h2-4,6H,5H2,1H3,(H,17,18). The number of nitrogens with zero attached hydrogens (tertiary/aromatic N) is 2. The zero-order valence-electron chi connectivity index (χ0n) is 10.1. The minimum absolute atomic E-state index is 0.233. The monoisotopic (exact) mass is 258 g/mol. The first-order chi connectivity index (χ1) is 9.10. The van der Waals surface area contributed by atoms with Crippen molar-refractivity contribution in [1.29, 1.82) is 0 Å². The molecule has 0 spiro atoms. The van der Waals surface area contributed by atoms with Crippen LogP contribution in [0.5, 0.6) is 5.88 Å². The molecule has 0 radical (unpaired) electrons. The van der Waals surface area contributed by atoms with Gasteiger partial charge in [-0.1, -0.05) is 0 Å². The van der Waals surface area contributed by atoms with Crippen LogP contribution in [0.15, 0.2) is 29.2 Å². The van der Waals surface area contributed by atoms with E-state index in [9.17, 15) is 9.59 Å². The lowest BCUT2D eigenvalue weighted by molar-refractivity contribution is 0.0694. The third-order valence-electron chi connectivity index (χ3n) is 3.10. The van der Waals surface area contributed by atoms with Crippen molar-refractivity contribution < 1.29 is 14.6 Å². The summed E-state index contributed by atoms with van der Waals surface area (Å²) < 4.78 is 6.76. The van der Waals surface area contributed by atoms with Crippen LogP contribution in [0.25, 0.3) is 11.4 Å². The molecular formula is C13H10N2O4. The molecule has 19 heavy (non-hydrogen) atoms. The van der Waals surface area contributed by atoms with Crippen molar-refractivity contribution in [2.75, 3.05) is 7.11 Å². The molecule has 0 aliphatic carbocycles. The highest BCUT2D eigenvalue weighted by Crippen LogP contribution is 2.30. The van der Waals surface area contributed by atoms with E-state index >= 15 is 0 Å². The van der Waals surface area contributed by atoms with Gasteiger partial charge >= 0.3 is 5.97 Å². The molecule has 0 aromatic carbocycles. The highest BCUT2D eigenvalue weighted by atomic mass is 16.5. The summed E-state index contributed by atoms with van der Waals surface area (Å²) in [6, 6.07) is 4.91. The van der Waals surface area contributed by atoms with E-state index in [2.05, 4.69) is 4.98 Å². The van der Waals surface area contributed by atoms with Gasteiger partial charge in [0.1, 0.15) is 5.56 Å². The summed E-state index contributed by atoms with van der Waals surface area (Å²) in [5.41, 5.74) is 1.46. The topological polar surface area (TPSA) is 81.4 Å². The molecule has 2 aromatic heterocycles. The van der Waals surface area contributed by atoms with Crippen LogP contribution < -0.4 is 10.2 Å². The Bertz CT molecular complexity index is 749. The number of carboxylic acids is 1. The molecule has 6 heteroatoms. The Morgan fingerprint density at radius 1 is 1.47 bits per heavy atom. The third kappa shape index (κ3) is 1.69. The predicted molar refractivity (Wildman–Crippen MR) is 66.5 cm³/mol. The highest BCUT2D eigenvalue weighted by Gasteiger charge is 2.22. The molecule has 0 bridgehead atoms. The Hall–Kier alpha value is -2.63. The summed E-state index contributed by atoms with van der Waals surface area (Å²) in [5, 5.41) is 8.95. The number of aromatic carboxylic acids is 1. The van der Waals surface area contributed by atoms with E-state index < -0.39 is 11.4 Å². The second-order valence-electron chi connectivity index (χ2n) is 4.23. The molecule has 1 aliphatic rings. The van der Waals surface area contributed by atoms with E-state index in [1.54, 1.807) is 10.6 Å². The molecule has 3 rings (SSSR count). The maximum absolute atomic E-state index is 11.7. The number of carboxylic acid groups (broad SMARTS) is 1. The highest BCUT2D eigenvalue weighted by molar-refractivity contribution is 5.87. The molecule has 0 fully saturated rings. The van der Waals surface area contributed by atoms with E-state index in [1.165, 1.54) is 19.4 Å². The zero-order chi connectivity index (χ0) is 13.6. The average molecular weight is 258 g/mol. The van der Waals surface area contributed by atoms with Crippen molar-refractivity contribution in [3.05, 3.63) is 45.7 Å². The van der Waals surface area contributed by atoms with E-state index in [0.29, 0.717) is 23.8 Å². The van der Waals surface area contributed by atoms with Gasteiger partial charge in [-0.25, -0.2) is 9.78 Å². The van der Waals surface area contributed by atoms with Crippen molar-refractivity contribution in [3.63, 3.8) is 0 Å². The lowest BCUT2D eigenvalue weighted by atomic mass is 10.2. The van der Waals surface area contributed by atoms with E-state index in [0.717, 1.165) is 5.56 Å². The number of fused-ring (bicyclic) bond motifs is 3. The van der Waals surface area contributed by atoms with Crippen LogP contribution >= 0.6 is 0 Å². The molecule has 1 N–H and O–H groups in total. The maximum atomic E-state index is 11.7. The Kier molecular flexibility index (Phi) is 2.38. The van der Waals surface area contributed by atoms with Crippen molar-refractivity contribution >= 4 is 5.97 Å². The maximum Gasteiger partial charge on any atom is 0.341 e. The van der Waals surface area contributed by atoms with E-state index in [1.807, 2.05) is 6.07 Å². The van der Waals surface area contributed by atoms with Crippen LogP contribution in [-0.4, -0.2) is 27.7 Å². The fourth-order valence-electron chi connectivity index (χ4n) is 2.19. The van der Waals surface area contributed by atoms with Gasteiger partial charge in [0.2, 0.25) is 5.88 Å². The van der Waals surface area contributed by atoms with Crippen LogP contribution in [0, 0.1) is 0 Å². The molecule has 0 saturated carbocycles. The van der Waals surface area contributed by atoms with Gasteiger partial charge in [-0.15, -0.1) is 0 Å². The SMILES string of the molecule is COc1ccc2c(n1)-c1cc(=O)c(C(=O)O)cn1C2. The number of carbonyl (C=O) groups is 1. The van der Waals surface area contributed by atoms with Crippen molar-refractivity contribution in [1.82, 2.24) is 9.55 Å². The summed E-state index contributed by atoms with van der Waals surface area (Å²) in [4.78, 5) is 27.0. The van der Waals surface area contributed by atoms with Gasteiger partial charge in [0.15, 0.2) is 5.43 Å². The summed E-state index contributed by atoms with van der Waals surface area (Å²) in [5.74, 6) is -0.760. The minimum atomic E-state index is -1.22. The van der Waals surface area contributed by atoms with Crippen LogP contribution in [0.3, 0.4) is 0 Å². The Morgan fingerprint density at radius 2 is 2.26 bits per heavy atom. The van der Waals surface area contributed by atoms with Gasteiger partial charge < -0.3 is 14.4 Å². The largest absolute Gasteiger partial charge is 0.481 e. The number of hydrogen-bond donors (Lipinski definition) is 1. The first-order valence-corrected chi connectivity index (χ1v) is 5.62. The van der Waals surface area contributed by atoms with E-state index in [4.69, 9.17) is 9.84 Å². The number of ether oxygens (including phenoxy) is 1. The number of pyridine rings is 2. The summed E-state index contributed by atoms with van der Waals surface area (Å²) in [6.07, 6.45) is 1.36. The molecule has 0 unspecified atom stereocenters. The Morgan fingerprint density at radius 3 is 2.95 bits per heavy atom. The Balaban J connectivity index is 2.22. The lowest BCUT2D eigenvalue weighted by Crippen LogP contribution is -2.16. The summed E-state index contributed by atoms with van der Waals surface area (Å²) >= 11 is 0. The van der Waals surface area contributed by atoms with Gasteiger partial charge in [-0.05, 0) is 11.6 Å². The molecule has 6 nitrogen and oxygen atoms in total. The van der Waals surface area contributed by atoms with Crippen LogP contribution in [0.4, 0.5) is 0 Å². The number of rotatable bonds is 2. The molecular weight excluding hydrogens is 248 g/mol. The number of methoxy groups -OCH3 is 1. The molecule has 0 amide bonds. The van der Waals surface area contributed by atoms with Gasteiger partial charge in [0, 0.05) is 24.9 Å². The van der Waals surface area contributed by atoms with Crippen molar-refractivity contribution in [3.8, 4) is 17.3 Å². The van der Waals surface area contributed by atoms with Crippen LogP contribution in [0.2, 0.25) is 0 Å². The first kappa shape index (κ1) is 11.5. The van der Waals surface area contributed by atoms with Gasteiger partial charge in [-0.2, -0.15) is 0 Å². The fraction of sp³-hybridized carbons (Fsp3) is 0.154. The van der Waals surface area contributed by atoms with Crippen LogP contribution in [0.1, 0.15) is 15.9 Å². The molecule has 96 valence electrons. The number of aromatic nitrogens is 2. The van der Waals surface area contributed by atoms with Gasteiger partial charge in [0.05, 0.1) is 18.5 Å². The van der Waals surface area contributed by atoms with Gasteiger partial charge in [-0.3, -0.25) is 4.79 Å².